The Kier molecular flexibility index (Phi) is 3.56. The van der Waals surface area contributed by atoms with Crippen LogP contribution in [-0.4, -0.2) is 14.2 Å². The van der Waals surface area contributed by atoms with E-state index in [4.69, 9.17) is 9.47 Å². The zero-order chi connectivity index (χ0) is 17.7. The Bertz CT molecular complexity index is 999. The molecule has 2 aliphatic rings. The largest absolute Gasteiger partial charge is 0.493 e. The maximum absolute atomic E-state index is 5.51. The van der Waals surface area contributed by atoms with E-state index in [-0.39, 0.29) is 6.04 Å². The molecule has 0 bridgehead atoms. The van der Waals surface area contributed by atoms with Crippen molar-refractivity contribution in [3.8, 4) is 11.5 Å². The second-order valence-corrected chi connectivity index (χ2v) is 7.26. The molecule has 0 fully saturated rings. The first-order chi connectivity index (χ1) is 12.8. The lowest BCUT2D eigenvalue weighted by molar-refractivity contribution is 0.354. The van der Waals surface area contributed by atoms with E-state index in [1.54, 1.807) is 14.2 Å². The third kappa shape index (κ3) is 2.27. The van der Waals surface area contributed by atoms with Crippen molar-refractivity contribution in [1.29, 1.82) is 0 Å². The molecule has 0 amide bonds. The maximum Gasteiger partial charge on any atom is 0.161 e. The normalized spacial score (nSPS) is 17.7. The average molecular weight is 345 g/mol. The first kappa shape index (κ1) is 15.6. The number of ether oxygens (including phenoxy) is 2. The monoisotopic (exact) mass is 345 g/mol. The lowest BCUT2D eigenvalue weighted by atomic mass is 9.96. The Balaban J connectivity index is 1.59. The fourth-order valence-electron chi connectivity index (χ4n) is 4.61. The van der Waals surface area contributed by atoms with Gasteiger partial charge in [-0.25, -0.2) is 0 Å². The van der Waals surface area contributed by atoms with Gasteiger partial charge in [0, 0.05) is 11.1 Å². The molecule has 132 valence electrons. The Labute approximate surface area is 153 Å². The summed E-state index contributed by atoms with van der Waals surface area (Å²) >= 11 is 0. The van der Waals surface area contributed by atoms with Crippen LogP contribution in [0.25, 0.3) is 10.8 Å². The van der Waals surface area contributed by atoms with Crippen molar-refractivity contribution >= 4 is 16.5 Å². The molecule has 1 atom stereocenters. The van der Waals surface area contributed by atoms with Gasteiger partial charge in [-0.1, -0.05) is 24.3 Å². The smallest absolute Gasteiger partial charge is 0.161 e. The predicted octanol–water partition coefficient (Wildman–Crippen LogP) is 5.06. The second-order valence-electron chi connectivity index (χ2n) is 7.26. The Hall–Kier alpha value is -2.68. The standard InChI is InChI=1S/C23H23NO2/c1-25-20-12-9-17(13-21(20)26-2)18-10-7-16-6-5-14-3-4-15-8-11-19(24-18)23(16)22(14)15/h5-6,8-9,11-13,18,24H,3-4,7,10H2,1-2H3. The average Bonchev–Trinajstić information content (AvgIpc) is 3.01. The van der Waals surface area contributed by atoms with Crippen molar-refractivity contribution in [3.05, 3.63) is 64.7 Å². The number of benzene rings is 3. The van der Waals surface area contributed by atoms with Crippen LogP contribution in [0.4, 0.5) is 5.69 Å². The summed E-state index contributed by atoms with van der Waals surface area (Å²) in [6.45, 7) is 0. The van der Waals surface area contributed by atoms with E-state index >= 15 is 0 Å². The summed E-state index contributed by atoms with van der Waals surface area (Å²) in [5, 5.41) is 6.76. The van der Waals surface area contributed by atoms with Crippen molar-refractivity contribution < 1.29 is 9.47 Å². The fraction of sp³-hybridized carbons (Fsp3) is 0.304. The molecule has 1 heterocycles. The van der Waals surface area contributed by atoms with Crippen LogP contribution in [0.1, 0.15) is 34.7 Å². The highest BCUT2D eigenvalue weighted by molar-refractivity contribution is 6.02. The Morgan fingerprint density at radius 1 is 0.769 bits per heavy atom. The number of aryl methyl sites for hydroxylation is 3. The third-order valence-electron chi connectivity index (χ3n) is 5.93. The molecule has 0 saturated carbocycles. The highest BCUT2D eigenvalue weighted by atomic mass is 16.5. The summed E-state index contributed by atoms with van der Waals surface area (Å²) in [5.41, 5.74) is 6.99. The minimum atomic E-state index is 0.264. The lowest BCUT2D eigenvalue weighted by Gasteiger charge is -2.20. The molecule has 26 heavy (non-hydrogen) atoms. The van der Waals surface area contributed by atoms with Gasteiger partial charge < -0.3 is 14.8 Å². The van der Waals surface area contributed by atoms with Crippen LogP contribution in [0.3, 0.4) is 0 Å². The molecule has 3 aromatic rings. The van der Waals surface area contributed by atoms with Crippen molar-refractivity contribution in [1.82, 2.24) is 0 Å². The quantitative estimate of drug-likeness (QED) is 0.720. The lowest BCUT2D eigenvalue weighted by Crippen LogP contribution is -2.10. The third-order valence-corrected chi connectivity index (χ3v) is 5.93. The second kappa shape index (κ2) is 5.94. The van der Waals surface area contributed by atoms with Crippen LogP contribution in [0.5, 0.6) is 11.5 Å². The van der Waals surface area contributed by atoms with E-state index in [2.05, 4.69) is 41.7 Å². The van der Waals surface area contributed by atoms with E-state index in [1.165, 1.54) is 51.6 Å². The molecule has 1 aliphatic carbocycles. The van der Waals surface area contributed by atoms with Crippen LogP contribution in [0.15, 0.2) is 42.5 Å². The van der Waals surface area contributed by atoms with Crippen LogP contribution >= 0.6 is 0 Å². The van der Waals surface area contributed by atoms with Gasteiger partial charge in [0.2, 0.25) is 0 Å². The van der Waals surface area contributed by atoms with E-state index in [1.807, 2.05) is 6.07 Å². The van der Waals surface area contributed by atoms with Gasteiger partial charge in [-0.15, -0.1) is 0 Å². The summed E-state index contributed by atoms with van der Waals surface area (Å²) in [6.07, 6.45) is 4.50. The van der Waals surface area contributed by atoms with Gasteiger partial charge in [0.05, 0.1) is 20.3 Å². The van der Waals surface area contributed by atoms with Gasteiger partial charge in [0.25, 0.3) is 0 Å². The van der Waals surface area contributed by atoms with E-state index < -0.39 is 0 Å². The maximum atomic E-state index is 5.51. The zero-order valence-electron chi connectivity index (χ0n) is 15.3. The summed E-state index contributed by atoms with van der Waals surface area (Å²) in [4.78, 5) is 0. The Morgan fingerprint density at radius 2 is 1.46 bits per heavy atom. The van der Waals surface area contributed by atoms with Crippen LogP contribution in [-0.2, 0) is 19.3 Å². The van der Waals surface area contributed by atoms with Crippen LogP contribution in [0, 0.1) is 0 Å². The van der Waals surface area contributed by atoms with Gasteiger partial charge in [-0.2, -0.15) is 0 Å². The molecular weight excluding hydrogens is 322 g/mol. The van der Waals surface area contributed by atoms with Crippen molar-refractivity contribution in [2.45, 2.75) is 31.7 Å². The van der Waals surface area contributed by atoms with Gasteiger partial charge in [-0.3, -0.25) is 0 Å². The number of hydrogen-bond acceptors (Lipinski definition) is 3. The first-order valence-corrected chi connectivity index (χ1v) is 9.33. The first-order valence-electron chi connectivity index (χ1n) is 9.33. The van der Waals surface area contributed by atoms with E-state index in [0.29, 0.717) is 0 Å². The number of hydrogen-bond donors (Lipinski definition) is 1. The molecular formula is C23H23NO2. The van der Waals surface area contributed by atoms with Gasteiger partial charge >= 0.3 is 0 Å². The highest BCUT2D eigenvalue weighted by Crippen LogP contribution is 2.42. The number of rotatable bonds is 3. The molecule has 1 unspecified atom stereocenters. The van der Waals surface area contributed by atoms with Crippen molar-refractivity contribution in [3.63, 3.8) is 0 Å². The topological polar surface area (TPSA) is 30.5 Å². The van der Waals surface area contributed by atoms with E-state index in [9.17, 15) is 0 Å². The SMILES string of the molecule is COc1ccc(C2CCc3ccc4c5c(ccc(c35)N2)CC4)cc1OC. The number of anilines is 1. The minimum Gasteiger partial charge on any atom is -0.493 e. The Morgan fingerprint density at radius 3 is 2.19 bits per heavy atom. The van der Waals surface area contributed by atoms with Crippen molar-refractivity contribution in [2.24, 2.45) is 0 Å². The van der Waals surface area contributed by atoms with Gasteiger partial charge in [0.1, 0.15) is 0 Å². The zero-order valence-corrected chi connectivity index (χ0v) is 15.3. The van der Waals surface area contributed by atoms with Crippen molar-refractivity contribution in [2.75, 3.05) is 19.5 Å². The van der Waals surface area contributed by atoms with Gasteiger partial charge in [-0.05, 0) is 71.5 Å². The molecule has 0 aromatic heterocycles. The van der Waals surface area contributed by atoms with Crippen LogP contribution < -0.4 is 14.8 Å². The number of nitrogens with one attached hydrogen (secondary N) is 1. The van der Waals surface area contributed by atoms with Crippen LogP contribution in [0.2, 0.25) is 0 Å². The fourth-order valence-corrected chi connectivity index (χ4v) is 4.61. The number of methoxy groups -OCH3 is 2. The molecule has 3 nitrogen and oxygen atoms in total. The molecule has 5 rings (SSSR count). The summed E-state index contributed by atoms with van der Waals surface area (Å²) in [6, 6.07) is 15.8. The summed E-state index contributed by atoms with van der Waals surface area (Å²) in [7, 11) is 3.37. The molecule has 3 aromatic carbocycles. The summed E-state index contributed by atoms with van der Waals surface area (Å²) in [5.74, 6) is 1.56. The molecule has 0 radical (unpaired) electrons. The summed E-state index contributed by atoms with van der Waals surface area (Å²) < 4.78 is 10.9. The molecule has 0 spiro atoms. The van der Waals surface area contributed by atoms with E-state index in [0.717, 1.165) is 24.3 Å². The molecule has 0 saturated heterocycles. The predicted molar refractivity (Wildman–Crippen MR) is 106 cm³/mol. The van der Waals surface area contributed by atoms with Gasteiger partial charge in [0.15, 0.2) is 11.5 Å². The molecule has 1 aliphatic heterocycles. The minimum absolute atomic E-state index is 0.264. The highest BCUT2D eigenvalue weighted by Gasteiger charge is 2.24. The molecule has 3 heteroatoms. The molecule has 1 N–H and O–H groups in total.